The van der Waals surface area contributed by atoms with Crippen LogP contribution < -0.4 is 5.73 Å². The highest BCUT2D eigenvalue weighted by Gasteiger charge is 2.22. The van der Waals surface area contributed by atoms with E-state index in [0.29, 0.717) is 5.13 Å². The largest absolute Gasteiger partial charge is 0.375 e. The van der Waals surface area contributed by atoms with Gasteiger partial charge in [0.15, 0.2) is 5.13 Å². The van der Waals surface area contributed by atoms with E-state index in [1.54, 1.807) is 11.3 Å². The summed E-state index contributed by atoms with van der Waals surface area (Å²) in [7, 11) is 0. The van der Waals surface area contributed by atoms with Crippen LogP contribution in [0.1, 0.15) is 22.6 Å². The topological polar surface area (TPSA) is 42.1 Å². The maximum absolute atomic E-state index is 5.70. The predicted molar refractivity (Wildman–Crippen MR) is 75.4 cm³/mol. The lowest BCUT2D eigenvalue weighted by atomic mass is 10.1. The van der Waals surface area contributed by atoms with E-state index in [-0.39, 0.29) is 0 Å². The van der Waals surface area contributed by atoms with Gasteiger partial charge >= 0.3 is 0 Å². The van der Waals surface area contributed by atoms with Crippen molar-refractivity contribution in [2.24, 2.45) is 0 Å². The van der Waals surface area contributed by atoms with Gasteiger partial charge in [-0.25, -0.2) is 4.98 Å². The SMILES string of the molecule is Nc1nc2c(s1)CN(CCCc1ccccc1)C2. The van der Waals surface area contributed by atoms with E-state index >= 15 is 0 Å². The molecule has 18 heavy (non-hydrogen) atoms. The molecule has 0 unspecified atom stereocenters. The Kier molecular flexibility index (Phi) is 3.30. The zero-order chi connectivity index (χ0) is 12.4. The number of aryl methyl sites for hydroxylation is 1. The molecule has 0 spiro atoms. The van der Waals surface area contributed by atoms with Crippen molar-refractivity contribution in [1.82, 2.24) is 9.88 Å². The minimum Gasteiger partial charge on any atom is -0.375 e. The Bertz CT molecular complexity index is 498. The van der Waals surface area contributed by atoms with Crippen LogP contribution in [0.15, 0.2) is 30.3 Å². The van der Waals surface area contributed by atoms with Gasteiger partial charge in [0.25, 0.3) is 0 Å². The average molecular weight is 259 g/mol. The molecule has 2 heterocycles. The minimum atomic E-state index is 0.712. The molecule has 1 aromatic carbocycles. The van der Waals surface area contributed by atoms with Crippen molar-refractivity contribution in [3.05, 3.63) is 46.5 Å². The van der Waals surface area contributed by atoms with Crippen LogP contribution in [0.5, 0.6) is 0 Å². The molecule has 2 N–H and O–H groups in total. The average Bonchev–Trinajstić information content (AvgIpc) is 2.87. The lowest BCUT2D eigenvalue weighted by molar-refractivity contribution is 0.280. The number of benzene rings is 1. The van der Waals surface area contributed by atoms with E-state index in [2.05, 4.69) is 40.2 Å². The van der Waals surface area contributed by atoms with Crippen molar-refractivity contribution in [1.29, 1.82) is 0 Å². The van der Waals surface area contributed by atoms with Crippen molar-refractivity contribution < 1.29 is 0 Å². The first kappa shape index (κ1) is 11.7. The molecule has 0 atom stereocenters. The molecule has 0 saturated heterocycles. The molecule has 0 amide bonds. The Morgan fingerprint density at radius 3 is 2.83 bits per heavy atom. The highest BCUT2D eigenvalue weighted by Crippen LogP contribution is 2.29. The standard InChI is InChI=1S/C14H17N3S/c15-14-16-12-9-17(10-13(12)18-14)8-4-7-11-5-2-1-3-6-11/h1-3,5-6H,4,7-10H2,(H2,15,16). The summed E-state index contributed by atoms with van der Waals surface area (Å²) in [6.07, 6.45) is 2.36. The van der Waals surface area contributed by atoms with E-state index in [1.165, 1.54) is 22.6 Å². The Labute approximate surface area is 111 Å². The molecule has 94 valence electrons. The molecule has 1 aromatic heterocycles. The van der Waals surface area contributed by atoms with Gasteiger partial charge in [0.2, 0.25) is 0 Å². The summed E-state index contributed by atoms with van der Waals surface area (Å²) in [6.45, 7) is 3.13. The first-order valence-corrected chi connectivity index (χ1v) is 7.13. The van der Waals surface area contributed by atoms with Crippen molar-refractivity contribution in [2.45, 2.75) is 25.9 Å². The van der Waals surface area contributed by atoms with Gasteiger partial charge in [0.1, 0.15) is 0 Å². The van der Waals surface area contributed by atoms with Gasteiger partial charge in [-0.2, -0.15) is 0 Å². The van der Waals surface area contributed by atoms with Gasteiger partial charge in [0.05, 0.1) is 5.69 Å². The summed E-state index contributed by atoms with van der Waals surface area (Å²) in [5.41, 5.74) is 8.32. The molecule has 0 fully saturated rings. The minimum absolute atomic E-state index is 0.712. The third-order valence-corrected chi connectivity index (χ3v) is 4.23. The van der Waals surface area contributed by atoms with E-state index in [4.69, 9.17) is 5.73 Å². The molecular weight excluding hydrogens is 242 g/mol. The normalized spacial score (nSPS) is 14.9. The van der Waals surface area contributed by atoms with Gasteiger partial charge in [-0.05, 0) is 24.9 Å². The van der Waals surface area contributed by atoms with Crippen LogP contribution in [0.25, 0.3) is 0 Å². The summed E-state index contributed by atoms with van der Waals surface area (Å²) in [5.74, 6) is 0. The van der Waals surface area contributed by atoms with Crippen molar-refractivity contribution in [3.8, 4) is 0 Å². The maximum Gasteiger partial charge on any atom is 0.180 e. The Balaban J connectivity index is 1.47. The fourth-order valence-electron chi connectivity index (χ4n) is 2.43. The molecular formula is C14H17N3S. The number of nitrogen functional groups attached to an aromatic ring is 1. The maximum atomic E-state index is 5.70. The number of aromatic nitrogens is 1. The summed E-state index contributed by atoms with van der Waals surface area (Å²) >= 11 is 1.64. The third-order valence-electron chi connectivity index (χ3n) is 3.32. The zero-order valence-corrected chi connectivity index (χ0v) is 11.1. The molecule has 0 saturated carbocycles. The molecule has 1 aliphatic rings. The number of hydrogen-bond acceptors (Lipinski definition) is 4. The van der Waals surface area contributed by atoms with Gasteiger partial charge in [-0.1, -0.05) is 30.3 Å². The first-order chi connectivity index (χ1) is 8.81. The molecule has 4 heteroatoms. The van der Waals surface area contributed by atoms with Crippen LogP contribution in [-0.4, -0.2) is 16.4 Å². The highest BCUT2D eigenvalue weighted by atomic mass is 32.1. The fourth-order valence-corrected chi connectivity index (χ4v) is 3.31. The molecule has 1 aliphatic heterocycles. The van der Waals surface area contributed by atoms with Crippen molar-refractivity contribution >= 4 is 16.5 Å². The van der Waals surface area contributed by atoms with Gasteiger partial charge in [-0.15, -0.1) is 11.3 Å². The molecule has 0 bridgehead atoms. The van der Waals surface area contributed by atoms with Crippen LogP contribution in [0.2, 0.25) is 0 Å². The molecule has 3 rings (SSSR count). The summed E-state index contributed by atoms with van der Waals surface area (Å²) in [6, 6.07) is 10.7. The summed E-state index contributed by atoms with van der Waals surface area (Å²) in [4.78, 5) is 8.17. The van der Waals surface area contributed by atoms with Gasteiger partial charge < -0.3 is 5.73 Å². The first-order valence-electron chi connectivity index (χ1n) is 6.31. The van der Waals surface area contributed by atoms with E-state index in [0.717, 1.165) is 26.1 Å². The third kappa shape index (κ3) is 2.54. The highest BCUT2D eigenvalue weighted by molar-refractivity contribution is 7.15. The van der Waals surface area contributed by atoms with Crippen LogP contribution in [0.3, 0.4) is 0 Å². The molecule has 0 aliphatic carbocycles. The predicted octanol–water partition coefficient (Wildman–Crippen LogP) is 2.67. The van der Waals surface area contributed by atoms with Gasteiger partial charge in [-0.3, -0.25) is 4.90 Å². The zero-order valence-electron chi connectivity index (χ0n) is 10.3. The van der Waals surface area contributed by atoms with Crippen molar-refractivity contribution in [2.75, 3.05) is 12.3 Å². The molecule has 0 radical (unpaired) electrons. The summed E-state index contributed by atoms with van der Waals surface area (Å²) < 4.78 is 0. The number of thiazole rings is 1. The second-order valence-electron chi connectivity index (χ2n) is 4.72. The second kappa shape index (κ2) is 5.08. The molecule has 3 nitrogen and oxygen atoms in total. The fraction of sp³-hybridized carbons (Fsp3) is 0.357. The van der Waals surface area contributed by atoms with Crippen molar-refractivity contribution in [3.63, 3.8) is 0 Å². The van der Waals surface area contributed by atoms with Gasteiger partial charge in [0, 0.05) is 18.0 Å². The number of fused-ring (bicyclic) bond motifs is 1. The van der Waals surface area contributed by atoms with Crippen LogP contribution >= 0.6 is 11.3 Å². The number of anilines is 1. The lowest BCUT2D eigenvalue weighted by Gasteiger charge is -2.14. The number of nitrogens with zero attached hydrogens (tertiary/aromatic N) is 2. The van der Waals surface area contributed by atoms with E-state index in [9.17, 15) is 0 Å². The Morgan fingerprint density at radius 1 is 1.22 bits per heavy atom. The second-order valence-corrected chi connectivity index (χ2v) is 5.84. The smallest absolute Gasteiger partial charge is 0.180 e. The Hall–Kier alpha value is -1.39. The monoisotopic (exact) mass is 259 g/mol. The summed E-state index contributed by atoms with van der Waals surface area (Å²) in [5, 5.41) is 0.712. The van der Waals surface area contributed by atoms with E-state index in [1.807, 2.05) is 0 Å². The Morgan fingerprint density at radius 2 is 2.06 bits per heavy atom. The molecule has 2 aromatic rings. The number of rotatable bonds is 4. The quantitative estimate of drug-likeness (QED) is 0.918. The van der Waals surface area contributed by atoms with Crippen LogP contribution in [0.4, 0.5) is 5.13 Å². The number of hydrogen-bond donors (Lipinski definition) is 1. The van der Waals surface area contributed by atoms with E-state index < -0.39 is 0 Å². The lowest BCUT2D eigenvalue weighted by Crippen LogP contribution is -2.18. The number of nitrogens with two attached hydrogens (primary N) is 1. The van der Waals surface area contributed by atoms with Crippen LogP contribution in [0, 0.1) is 0 Å². The van der Waals surface area contributed by atoms with Crippen LogP contribution in [-0.2, 0) is 19.5 Å².